The lowest BCUT2D eigenvalue weighted by Gasteiger charge is -2.11. The summed E-state index contributed by atoms with van der Waals surface area (Å²) >= 11 is 1.35. The summed E-state index contributed by atoms with van der Waals surface area (Å²) in [6.45, 7) is 5.68. The number of amides is 2. The fourth-order valence-electron chi connectivity index (χ4n) is 1.28. The molecule has 0 spiro atoms. The van der Waals surface area contributed by atoms with Crippen LogP contribution in [0.2, 0.25) is 0 Å². The molecule has 2 amide bonds. The SMILES string of the molecule is CC(CC(=O)O)NC(=O)Nc1nc(C(C)C)cs1. The van der Waals surface area contributed by atoms with Gasteiger partial charge >= 0.3 is 12.0 Å². The molecule has 0 bridgehead atoms. The number of aliphatic carboxylic acids is 1. The molecule has 0 aliphatic rings. The summed E-state index contributed by atoms with van der Waals surface area (Å²) in [4.78, 5) is 26.2. The van der Waals surface area contributed by atoms with Gasteiger partial charge in [0.2, 0.25) is 0 Å². The number of carbonyl (C=O) groups excluding carboxylic acids is 1. The molecule has 0 aliphatic carbocycles. The van der Waals surface area contributed by atoms with E-state index in [1.807, 2.05) is 19.2 Å². The molecule has 0 aromatic carbocycles. The van der Waals surface area contributed by atoms with Crippen LogP contribution in [0, 0.1) is 0 Å². The highest BCUT2D eigenvalue weighted by Gasteiger charge is 2.12. The number of anilines is 1. The van der Waals surface area contributed by atoms with Crippen LogP contribution in [0.3, 0.4) is 0 Å². The minimum atomic E-state index is -0.945. The van der Waals surface area contributed by atoms with E-state index in [9.17, 15) is 9.59 Å². The predicted molar refractivity (Wildman–Crippen MR) is 70.1 cm³/mol. The van der Waals surface area contributed by atoms with Crippen LogP contribution in [0.4, 0.5) is 9.93 Å². The number of carboxylic acids is 1. The number of carbonyl (C=O) groups is 2. The van der Waals surface area contributed by atoms with Crippen molar-refractivity contribution in [3.8, 4) is 0 Å². The third-order valence-corrected chi connectivity index (χ3v) is 2.97. The molecule has 18 heavy (non-hydrogen) atoms. The Morgan fingerprint density at radius 3 is 2.61 bits per heavy atom. The molecule has 100 valence electrons. The number of hydrogen-bond acceptors (Lipinski definition) is 4. The molecule has 0 saturated heterocycles. The van der Waals surface area contributed by atoms with Crippen molar-refractivity contribution in [1.82, 2.24) is 10.3 Å². The van der Waals surface area contributed by atoms with E-state index in [-0.39, 0.29) is 6.42 Å². The average molecular weight is 271 g/mol. The highest BCUT2D eigenvalue weighted by molar-refractivity contribution is 7.13. The number of hydrogen-bond donors (Lipinski definition) is 3. The Hall–Kier alpha value is -1.63. The molecule has 0 radical (unpaired) electrons. The number of thiazole rings is 1. The van der Waals surface area contributed by atoms with Gasteiger partial charge in [-0.2, -0.15) is 0 Å². The largest absolute Gasteiger partial charge is 0.481 e. The normalized spacial score (nSPS) is 12.2. The Morgan fingerprint density at radius 1 is 1.44 bits per heavy atom. The number of nitrogens with zero attached hydrogens (tertiary/aromatic N) is 1. The van der Waals surface area contributed by atoms with Crippen molar-refractivity contribution in [2.45, 2.75) is 39.2 Å². The zero-order valence-electron chi connectivity index (χ0n) is 10.6. The second-order valence-electron chi connectivity index (χ2n) is 4.33. The zero-order valence-corrected chi connectivity index (χ0v) is 11.4. The van der Waals surface area contributed by atoms with Crippen molar-refractivity contribution in [3.63, 3.8) is 0 Å². The molecule has 7 heteroatoms. The zero-order chi connectivity index (χ0) is 13.7. The maximum atomic E-state index is 11.5. The third kappa shape index (κ3) is 4.70. The summed E-state index contributed by atoms with van der Waals surface area (Å²) in [6.07, 6.45) is -0.109. The molecule has 3 N–H and O–H groups in total. The van der Waals surface area contributed by atoms with Crippen LogP contribution in [0.1, 0.15) is 38.8 Å². The lowest BCUT2D eigenvalue weighted by molar-refractivity contribution is -0.137. The molecule has 0 aliphatic heterocycles. The van der Waals surface area contributed by atoms with Crippen molar-refractivity contribution >= 4 is 28.5 Å². The lowest BCUT2D eigenvalue weighted by Crippen LogP contribution is -2.37. The van der Waals surface area contributed by atoms with Crippen LogP contribution in [0.15, 0.2) is 5.38 Å². The summed E-state index contributed by atoms with van der Waals surface area (Å²) in [7, 11) is 0. The van der Waals surface area contributed by atoms with Gasteiger partial charge in [-0.25, -0.2) is 9.78 Å². The maximum Gasteiger partial charge on any atom is 0.321 e. The fraction of sp³-hybridized carbons (Fsp3) is 0.545. The molecule has 0 fully saturated rings. The Bertz CT molecular complexity index is 431. The molecule has 1 heterocycles. The van der Waals surface area contributed by atoms with Gasteiger partial charge in [0.25, 0.3) is 0 Å². The minimum Gasteiger partial charge on any atom is -0.481 e. The smallest absolute Gasteiger partial charge is 0.321 e. The first kappa shape index (κ1) is 14.4. The van der Waals surface area contributed by atoms with E-state index in [1.54, 1.807) is 6.92 Å². The average Bonchev–Trinajstić information content (AvgIpc) is 2.63. The molecular formula is C11H17N3O3S. The molecule has 0 saturated carbocycles. The fourth-order valence-corrected chi connectivity index (χ4v) is 2.15. The molecule has 1 aromatic rings. The van der Waals surface area contributed by atoms with E-state index in [0.717, 1.165) is 5.69 Å². The number of urea groups is 1. The summed E-state index contributed by atoms with van der Waals surface area (Å²) < 4.78 is 0. The first-order valence-corrected chi connectivity index (χ1v) is 6.51. The van der Waals surface area contributed by atoms with E-state index in [4.69, 9.17) is 5.11 Å². The van der Waals surface area contributed by atoms with Gasteiger partial charge in [-0.3, -0.25) is 10.1 Å². The number of rotatable bonds is 5. The Labute approximate surface area is 109 Å². The van der Waals surface area contributed by atoms with Gasteiger partial charge in [-0.1, -0.05) is 13.8 Å². The van der Waals surface area contributed by atoms with Crippen molar-refractivity contribution in [3.05, 3.63) is 11.1 Å². The maximum absolute atomic E-state index is 11.5. The summed E-state index contributed by atoms with van der Waals surface area (Å²) in [5, 5.41) is 16.1. The van der Waals surface area contributed by atoms with Crippen molar-refractivity contribution in [1.29, 1.82) is 0 Å². The molecular weight excluding hydrogens is 254 g/mol. The van der Waals surface area contributed by atoms with Crippen molar-refractivity contribution in [2.24, 2.45) is 0 Å². The Kier molecular flexibility index (Phi) is 5.08. The van der Waals surface area contributed by atoms with E-state index >= 15 is 0 Å². The van der Waals surface area contributed by atoms with Crippen LogP contribution in [-0.4, -0.2) is 28.1 Å². The number of carboxylic acid groups (broad SMARTS) is 1. The molecule has 6 nitrogen and oxygen atoms in total. The predicted octanol–water partition coefficient (Wildman–Crippen LogP) is 2.25. The number of aromatic nitrogens is 1. The third-order valence-electron chi connectivity index (χ3n) is 2.19. The molecule has 1 atom stereocenters. The van der Waals surface area contributed by atoms with Gasteiger partial charge in [-0.05, 0) is 12.8 Å². The topological polar surface area (TPSA) is 91.3 Å². The van der Waals surface area contributed by atoms with Crippen LogP contribution in [0.5, 0.6) is 0 Å². The van der Waals surface area contributed by atoms with Gasteiger partial charge in [-0.15, -0.1) is 11.3 Å². The summed E-state index contributed by atoms with van der Waals surface area (Å²) in [6, 6.07) is -0.861. The second kappa shape index (κ2) is 6.34. The molecule has 1 aromatic heterocycles. The monoisotopic (exact) mass is 271 g/mol. The van der Waals surface area contributed by atoms with Gasteiger partial charge in [0.1, 0.15) is 0 Å². The standard InChI is InChI=1S/C11H17N3O3S/c1-6(2)8-5-18-11(13-8)14-10(17)12-7(3)4-9(15)16/h5-7H,4H2,1-3H3,(H,15,16)(H2,12,13,14,17). The Balaban J connectivity index is 2.46. The quantitative estimate of drug-likeness (QED) is 0.766. The van der Waals surface area contributed by atoms with Crippen molar-refractivity contribution < 1.29 is 14.7 Å². The van der Waals surface area contributed by atoms with Gasteiger partial charge in [0.05, 0.1) is 12.1 Å². The van der Waals surface area contributed by atoms with Gasteiger partial charge < -0.3 is 10.4 Å². The van der Waals surface area contributed by atoms with E-state index < -0.39 is 18.0 Å². The minimum absolute atomic E-state index is 0.109. The van der Waals surface area contributed by atoms with Crippen molar-refractivity contribution in [2.75, 3.05) is 5.32 Å². The van der Waals surface area contributed by atoms with Crippen LogP contribution < -0.4 is 10.6 Å². The first-order valence-electron chi connectivity index (χ1n) is 5.63. The summed E-state index contributed by atoms with van der Waals surface area (Å²) in [5.74, 6) is -0.634. The van der Waals surface area contributed by atoms with E-state index in [1.165, 1.54) is 11.3 Å². The Morgan fingerprint density at radius 2 is 2.11 bits per heavy atom. The van der Waals surface area contributed by atoms with Gasteiger partial charge in [0.15, 0.2) is 5.13 Å². The van der Waals surface area contributed by atoms with Gasteiger partial charge in [0, 0.05) is 11.4 Å². The number of nitrogens with one attached hydrogen (secondary N) is 2. The van der Waals surface area contributed by atoms with Crippen LogP contribution >= 0.6 is 11.3 Å². The lowest BCUT2D eigenvalue weighted by atomic mass is 10.2. The van der Waals surface area contributed by atoms with E-state index in [2.05, 4.69) is 15.6 Å². The molecule has 1 rings (SSSR count). The van der Waals surface area contributed by atoms with Crippen LogP contribution in [-0.2, 0) is 4.79 Å². The highest BCUT2D eigenvalue weighted by atomic mass is 32.1. The molecule has 1 unspecified atom stereocenters. The first-order chi connectivity index (χ1) is 8.38. The van der Waals surface area contributed by atoms with Crippen LogP contribution in [0.25, 0.3) is 0 Å². The van der Waals surface area contributed by atoms with E-state index in [0.29, 0.717) is 11.0 Å². The second-order valence-corrected chi connectivity index (χ2v) is 5.19. The summed E-state index contributed by atoms with van der Waals surface area (Å²) in [5.41, 5.74) is 0.925. The highest BCUT2D eigenvalue weighted by Crippen LogP contribution is 2.21.